The number of nitrogens with zero attached hydrogens (tertiary/aromatic N) is 2. The van der Waals surface area contributed by atoms with Gasteiger partial charge in [0.1, 0.15) is 5.82 Å². The molecule has 1 aromatic carbocycles. The second-order valence-corrected chi connectivity index (χ2v) is 5.69. The van der Waals surface area contributed by atoms with E-state index in [-0.39, 0.29) is 0 Å². The molecule has 0 saturated heterocycles. The Morgan fingerprint density at radius 3 is 2.47 bits per heavy atom. The molecule has 0 aliphatic rings. The lowest BCUT2D eigenvalue weighted by molar-refractivity contribution is 0.669. The summed E-state index contributed by atoms with van der Waals surface area (Å²) in [6, 6.07) is 8.03. The zero-order valence-corrected chi connectivity index (χ0v) is 12.6. The second kappa shape index (κ2) is 6.25. The normalized spacial score (nSPS) is 11.2. The van der Waals surface area contributed by atoms with E-state index in [4.69, 9.17) is 16.6 Å². The van der Waals surface area contributed by atoms with E-state index in [1.165, 1.54) is 17.1 Å². The van der Waals surface area contributed by atoms with Crippen molar-refractivity contribution in [3.8, 4) is 0 Å². The van der Waals surface area contributed by atoms with Gasteiger partial charge in [-0.15, -0.1) is 0 Å². The van der Waals surface area contributed by atoms with Gasteiger partial charge in [0.15, 0.2) is 0 Å². The average Bonchev–Trinajstić information content (AvgIpc) is 2.76. The highest BCUT2D eigenvalue weighted by molar-refractivity contribution is 6.30. The van der Waals surface area contributed by atoms with Crippen molar-refractivity contribution in [3.05, 3.63) is 52.6 Å². The molecule has 0 saturated carbocycles. The third kappa shape index (κ3) is 3.60. The van der Waals surface area contributed by atoms with Crippen molar-refractivity contribution in [2.75, 3.05) is 0 Å². The maximum atomic E-state index is 5.92. The summed E-state index contributed by atoms with van der Waals surface area (Å²) >= 11 is 5.92. The Balaban J connectivity index is 2.24. The SMILES string of the molecule is CCCc1cn(Cc2ccc(Cl)cc2)c(C(C)C)n1. The van der Waals surface area contributed by atoms with Crippen molar-refractivity contribution in [1.82, 2.24) is 9.55 Å². The third-order valence-electron chi connectivity index (χ3n) is 3.15. The van der Waals surface area contributed by atoms with Crippen molar-refractivity contribution in [3.63, 3.8) is 0 Å². The van der Waals surface area contributed by atoms with Crippen LogP contribution in [0.3, 0.4) is 0 Å². The van der Waals surface area contributed by atoms with Crippen LogP contribution in [-0.2, 0) is 13.0 Å². The van der Waals surface area contributed by atoms with Gasteiger partial charge in [0.05, 0.1) is 5.69 Å². The Morgan fingerprint density at radius 1 is 1.21 bits per heavy atom. The monoisotopic (exact) mass is 276 g/mol. The molecule has 0 aliphatic carbocycles. The van der Waals surface area contributed by atoms with Crippen LogP contribution in [0.2, 0.25) is 5.02 Å². The Kier molecular flexibility index (Phi) is 4.65. The van der Waals surface area contributed by atoms with E-state index in [1.807, 2.05) is 12.1 Å². The quantitative estimate of drug-likeness (QED) is 0.776. The Hall–Kier alpha value is -1.28. The predicted molar refractivity (Wildman–Crippen MR) is 80.9 cm³/mol. The topological polar surface area (TPSA) is 17.8 Å². The molecule has 0 atom stereocenters. The van der Waals surface area contributed by atoms with Crippen LogP contribution in [0.15, 0.2) is 30.5 Å². The number of imidazole rings is 1. The number of rotatable bonds is 5. The van der Waals surface area contributed by atoms with E-state index in [2.05, 4.69) is 43.7 Å². The summed E-state index contributed by atoms with van der Waals surface area (Å²) in [6.45, 7) is 7.43. The van der Waals surface area contributed by atoms with Crippen molar-refractivity contribution >= 4 is 11.6 Å². The Morgan fingerprint density at radius 2 is 1.89 bits per heavy atom. The Labute approximate surface area is 120 Å². The standard InChI is InChI=1S/C16H21ClN2/c1-4-5-15-11-19(16(18-15)12(2)3)10-13-6-8-14(17)9-7-13/h6-9,11-12H,4-5,10H2,1-3H3. The summed E-state index contributed by atoms with van der Waals surface area (Å²) in [5.41, 5.74) is 2.45. The molecule has 0 spiro atoms. The van der Waals surface area contributed by atoms with Crippen molar-refractivity contribution < 1.29 is 0 Å². The van der Waals surface area contributed by atoms with Crippen molar-refractivity contribution in [2.24, 2.45) is 0 Å². The van der Waals surface area contributed by atoms with Gasteiger partial charge in [-0.05, 0) is 24.1 Å². The van der Waals surface area contributed by atoms with Crippen LogP contribution in [0, 0.1) is 0 Å². The highest BCUT2D eigenvalue weighted by Gasteiger charge is 2.11. The highest BCUT2D eigenvalue weighted by Crippen LogP contribution is 2.18. The fourth-order valence-corrected chi connectivity index (χ4v) is 2.36. The molecule has 102 valence electrons. The molecule has 0 bridgehead atoms. The summed E-state index contributed by atoms with van der Waals surface area (Å²) in [5, 5.41) is 0.783. The average molecular weight is 277 g/mol. The number of aromatic nitrogens is 2. The van der Waals surface area contributed by atoms with E-state index in [0.717, 1.165) is 24.4 Å². The number of halogens is 1. The minimum atomic E-state index is 0.443. The summed E-state index contributed by atoms with van der Waals surface area (Å²) in [4.78, 5) is 4.75. The van der Waals surface area contributed by atoms with Gasteiger partial charge >= 0.3 is 0 Å². The van der Waals surface area contributed by atoms with Gasteiger partial charge in [0.2, 0.25) is 0 Å². The minimum Gasteiger partial charge on any atom is -0.330 e. The van der Waals surface area contributed by atoms with E-state index >= 15 is 0 Å². The third-order valence-corrected chi connectivity index (χ3v) is 3.40. The molecule has 0 fully saturated rings. The predicted octanol–water partition coefficient (Wildman–Crippen LogP) is 4.66. The Bertz CT molecular complexity index is 526. The van der Waals surface area contributed by atoms with Crippen LogP contribution >= 0.6 is 11.6 Å². The lowest BCUT2D eigenvalue weighted by Gasteiger charge is -2.10. The zero-order valence-electron chi connectivity index (χ0n) is 11.9. The van der Waals surface area contributed by atoms with Crippen LogP contribution in [0.5, 0.6) is 0 Å². The van der Waals surface area contributed by atoms with Gasteiger partial charge in [0, 0.05) is 23.7 Å². The van der Waals surface area contributed by atoms with Gasteiger partial charge in [-0.25, -0.2) is 4.98 Å². The summed E-state index contributed by atoms with van der Waals surface area (Å²) in [5.74, 6) is 1.61. The van der Waals surface area contributed by atoms with Crippen LogP contribution in [0.1, 0.15) is 50.2 Å². The van der Waals surface area contributed by atoms with Crippen molar-refractivity contribution in [2.45, 2.75) is 46.1 Å². The van der Waals surface area contributed by atoms with E-state index in [1.54, 1.807) is 0 Å². The molecule has 2 nitrogen and oxygen atoms in total. The number of hydrogen-bond acceptors (Lipinski definition) is 1. The van der Waals surface area contributed by atoms with Gasteiger partial charge in [-0.1, -0.05) is 50.9 Å². The lowest BCUT2D eigenvalue weighted by atomic mass is 10.2. The van der Waals surface area contributed by atoms with Crippen LogP contribution in [0.4, 0.5) is 0 Å². The second-order valence-electron chi connectivity index (χ2n) is 5.25. The maximum absolute atomic E-state index is 5.92. The number of hydrogen-bond donors (Lipinski definition) is 0. The van der Waals surface area contributed by atoms with Gasteiger partial charge in [0.25, 0.3) is 0 Å². The largest absolute Gasteiger partial charge is 0.330 e. The number of aryl methyl sites for hydroxylation is 1. The zero-order chi connectivity index (χ0) is 13.8. The first-order valence-electron chi connectivity index (χ1n) is 6.90. The molecule has 2 rings (SSSR count). The van der Waals surface area contributed by atoms with E-state index in [0.29, 0.717) is 5.92 Å². The van der Waals surface area contributed by atoms with Gasteiger partial charge in [-0.3, -0.25) is 0 Å². The van der Waals surface area contributed by atoms with Crippen LogP contribution in [-0.4, -0.2) is 9.55 Å². The molecule has 0 amide bonds. The first-order chi connectivity index (χ1) is 9.10. The van der Waals surface area contributed by atoms with E-state index in [9.17, 15) is 0 Å². The molecular formula is C16H21ClN2. The first-order valence-corrected chi connectivity index (χ1v) is 7.28. The smallest absolute Gasteiger partial charge is 0.111 e. The van der Waals surface area contributed by atoms with E-state index < -0.39 is 0 Å². The number of benzene rings is 1. The summed E-state index contributed by atoms with van der Waals surface area (Å²) in [7, 11) is 0. The van der Waals surface area contributed by atoms with Crippen LogP contribution in [0.25, 0.3) is 0 Å². The van der Waals surface area contributed by atoms with Crippen LogP contribution < -0.4 is 0 Å². The molecule has 19 heavy (non-hydrogen) atoms. The summed E-state index contributed by atoms with van der Waals surface area (Å²) < 4.78 is 2.26. The van der Waals surface area contributed by atoms with Gasteiger partial charge in [-0.2, -0.15) is 0 Å². The lowest BCUT2D eigenvalue weighted by Crippen LogP contribution is -2.05. The molecule has 0 aliphatic heterocycles. The minimum absolute atomic E-state index is 0.443. The molecule has 0 radical (unpaired) electrons. The molecule has 2 aromatic rings. The van der Waals surface area contributed by atoms with Gasteiger partial charge < -0.3 is 4.57 Å². The molecule has 3 heteroatoms. The molecule has 1 aromatic heterocycles. The fraction of sp³-hybridized carbons (Fsp3) is 0.438. The maximum Gasteiger partial charge on any atom is 0.111 e. The molecule has 1 heterocycles. The van der Waals surface area contributed by atoms with Crippen molar-refractivity contribution in [1.29, 1.82) is 0 Å². The first kappa shape index (κ1) is 14.1. The summed E-state index contributed by atoms with van der Waals surface area (Å²) in [6.07, 6.45) is 4.37. The molecule has 0 unspecified atom stereocenters. The highest BCUT2D eigenvalue weighted by atomic mass is 35.5. The molecular weight excluding hydrogens is 256 g/mol. The fourth-order valence-electron chi connectivity index (χ4n) is 2.24. The molecule has 0 N–H and O–H groups in total.